The highest BCUT2D eigenvalue weighted by Crippen LogP contribution is 2.59. The quantitative estimate of drug-likeness (QED) is 0.520. The van der Waals surface area contributed by atoms with Crippen LogP contribution in [0.5, 0.6) is 0 Å². The van der Waals surface area contributed by atoms with Gasteiger partial charge < -0.3 is 10.1 Å². The number of ether oxygens (including phenoxy) is 1. The Balaban J connectivity index is 1.50. The molecular formula is C22H21FN6O3S. The van der Waals surface area contributed by atoms with Crippen LogP contribution in [-0.2, 0) is 9.53 Å². The number of benzene rings is 1. The van der Waals surface area contributed by atoms with E-state index in [0.717, 1.165) is 42.7 Å². The number of hydrogen-bond acceptors (Lipinski definition) is 8. The molecule has 2 N–H and O–H groups in total. The molecule has 1 saturated carbocycles. The highest BCUT2D eigenvalue weighted by molar-refractivity contribution is 8.14. The molecule has 1 aliphatic carbocycles. The van der Waals surface area contributed by atoms with E-state index in [2.05, 4.69) is 24.8 Å². The predicted octanol–water partition coefficient (Wildman–Crippen LogP) is 2.33. The predicted molar refractivity (Wildman–Crippen MR) is 117 cm³/mol. The lowest BCUT2D eigenvalue weighted by atomic mass is 9.86. The Morgan fingerprint density at radius 2 is 2.15 bits per heavy atom. The molecule has 33 heavy (non-hydrogen) atoms. The molecule has 3 aliphatic heterocycles. The topological polar surface area (TPSA) is 124 Å². The smallest absolute Gasteiger partial charge is 0.240 e. The summed E-state index contributed by atoms with van der Waals surface area (Å²) in [6, 6.07) is 1.75. The molecule has 0 spiro atoms. The second-order valence-corrected chi connectivity index (χ2v) is 10.7. The fourth-order valence-corrected chi connectivity index (χ4v) is 7.95. The minimum absolute atomic E-state index is 0.00950. The van der Waals surface area contributed by atoms with Gasteiger partial charge in [-0.05, 0) is 31.2 Å². The van der Waals surface area contributed by atoms with Crippen molar-refractivity contribution in [1.29, 1.82) is 5.26 Å². The number of nitrogens with one attached hydrogen (secondary N) is 2. The Bertz CT molecular complexity index is 1270. The van der Waals surface area contributed by atoms with Gasteiger partial charge in [0, 0.05) is 37.6 Å². The number of fused-ring (bicyclic) bond motifs is 3. The number of methoxy groups -OCH3 is 1. The number of ketones is 2. The van der Waals surface area contributed by atoms with Crippen molar-refractivity contribution >= 4 is 33.0 Å². The van der Waals surface area contributed by atoms with Crippen molar-refractivity contribution in [1.82, 2.24) is 19.5 Å². The maximum atomic E-state index is 15.7. The largest absolute Gasteiger partial charge is 0.362 e. The van der Waals surface area contributed by atoms with Gasteiger partial charge in [0.1, 0.15) is 23.0 Å². The SMILES string of the molecule is COC1=S(N2CC[C@@H](c3ncn[nH]3)C2)c2c(F)cc3c(c2C1C1CC1)NC(C#N)C(=O)C3=O. The molecule has 6 rings (SSSR count). The monoisotopic (exact) mass is 468 g/mol. The van der Waals surface area contributed by atoms with Gasteiger partial charge in [0.25, 0.3) is 0 Å². The van der Waals surface area contributed by atoms with E-state index in [4.69, 9.17) is 4.74 Å². The number of aromatic nitrogens is 3. The highest BCUT2D eigenvalue weighted by atomic mass is 32.2. The van der Waals surface area contributed by atoms with Crippen LogP contribution in [0.1, 0.15) is 52.8 Å². The molecule has 170 valence electrons. The zero-order valence-corrected chi connectivity index (χ0v) is 18.6. The minimum Gasteiger partial charge on any atom is -0.362 e. The summed E-state index contributed by atoms with van der Waals surface area (Å²) in [6.45, 7) is 1.41. The highest BCUT2D eigenvalue weighted by Gasteiger charge is 2.49. The van der Waals surface area contributed by atoms with Gasteiger partial charge in [-0.15, -0.1) is 0 Å². The lowest BCUT2D eigenvalue weighted by molar-refractivity contribution is -0.115. The van der Waals surface area contributed by atoms with Crippen LogP contribution in [0.3, 0.4) is 0 Å². The number of carbonyl (C=O) groups excluding carboxylic acids is 2. The van der Waals surface area contributed by atoms with E-state index in [1.54, 1.807) is 7.11 Å². The summed E-state index contributed by atoms with van der Waals surface area (Å²) in [4.78, 5) is 29.8. The molecule has 11 heteroatoms. The van der Waals surface area contributed by atoms with Crippen molar-refractivity contribution in [2.75, 3.05) is 25.5 Å². The lowest BCUT2D eigenvalue weighted by Crippen LogP contribution is -2.40. The number of aromatic amines is 1. The molecule has 3 unspecified atom stereocenters. The van der Waals surface area contributed by atoms with Crippen molar-refractivity contribution in [2.45, 2.75) is 42.0 Å². The van der Waals surface area contributed by atoms with Crippen molar-refractivity contribution in [3.63, 3.8) is 0 Å². The molecule has 1 aromatic heterocycles. The molecule has 2 aromatic rings. The molecule has 1 saturated heterocycles. The van der Waals surface area contributed by atoms with Gasteiger partial charge in [0.2, 0.25) is 11.6 Å². The summed E-state index contributed by atoms with van der Waals surface area (Å²) in [5.74, 6) is -1.11. The normalized spacial score (nSPS) is 29.1. The molecule has 2 fully saturated rings. The van der Waals surface area contributed by atoms with Gasteiger partial charge in [0.05, 0.1) is 22.2 Å². The average Bonchev–Trinajstić information content (AvgIpc) is 3.20. The van der Waals surface area contributed by atoms with E-state index in [9.17, 15) is 14.9 Å². The molecule has 4 atom stereocenters. The molecular weight excluding hydrogens is 447 g/mol. The number of nitriles is 1. The maximum absolute atomic E-state index is 15.7. The summed E-state index contributed by atoms with van der Waals surface area (Å²) in [7, 11) is 0.837. The standard InChI is InChI=1S/C22H21FN6O3S/c1-32-22-15(10-2-3-10)16-17-12(18(30)19(31)14(7-24)27-17)6-13(23)20(16)33(22)29-5-4-11(8-29)21-25-9-26-28-21/h6,9-11,14-15,27H,2-5,8H2,1H3,(H,25,26,28)/t11-,14?,15?,33?/m1/s1. The van der Waals surface area contributed by atoms with E-state index in [0.29, 0.717) is 22.7 Å². The number of H-pyrrole nitrogens is 1. The summed E-state index contributed by atoms with van der Waals surface area (Å²) in [5.41, 5.74) is 1.10. The first-order chi connectivity index (χ1) is 16.0. The van der Waals surface area contributed by atoms with Crippen molar-refractivity contribution in [2.24, 2.45) is 5.92 Å². The zero-order valence-electron chi connectivity index (χ0n) is 17.8. The van der Waals surface area contributed by atoms with Gasteiger partial charge in [-0.25, -0.2) is 13.7 Å². The molecule has 9 nitrogen and oxygen atoms in total. The molecule has 0 radical (unpaired) electrons. The Morgan fingerprint density at radius 3 is 2.82 bits per heavy atom. The van der Waals surface area contributed by atoms with Crippen LogP contribution in [0.4, 0.5) is 10.1 Å². The Kier molecular flexibility index (Phi) is 4.72. The van der Waals surface area contributed by atoms with E-state index < -0.39 is 34.1 Å². The maximum Gasteiger partial charge on any atom is 0.240 e. The lowest BCUT2D eigenvalue weighted by Gasteiger charge is -2.26. The Hall–Kier alpha value is -2.94. The van der Waals surface area contributed by atoms with Gasteiger partial charge in [-0.1, -0.05) is 10.7 Å². The summed E-state index contributed by atoms with van der Waals surface area (Å²) >= 11 is 0. The van der Waals surface area contributed by atoms with Crippen molar-refractivity contribution in [3.05, 3.63) is 35.2 Å². The van der Waals surface area contributed by atoms with Crippen LogP contribution < -0.4 is 5.32 Å². The summed E-state index contributed by atoms with van der Waals surface area (Å²) < 4.78 is 23.9. The Labute approximate surface area is 191 Å². The third-order valence-electron chi connectivity index (χ3n) is 6.89. The molecule has 4 aliphatic rings. The van der Waals surface area contributed by atoms with E-state index in [1.165, 1.54) is 6.33 Å². The third-order valence-corrected chi connectivity index (χ3v) is 9.34. The number of rotatable bonds is 3. The fourth-order valence-electron chi connectivity index (χ4n) is 5.23. The number of carbonyl (C=O) groups is 2. The first kappa shape index (κ1) is 20.7. The molecule has 1 aromatic carbocycles. The number of nitrogens with zero attached hydrogens (tertiary/aromatic N) is 4. The van der Waals surface area contributed by atoms with Crippen LogP contribution in [0.2, 0.25) is 0 Å². The first-order valence-corrected chi connectivity index (χ1v) is 12.1. The molecule has 4 heterocycles. The molecule has 0 bridgehead atoms. The van der Waals surface area contributed by atoms with Gasteiger partial charge in [-0.2, -0.15) is 10.4 Å². The third kappa shape index (κ3) is 3.01. The van der Waals surface area contributed by atoms with Crippen molar-refractivity contribution in [3.8, 4) is 6.07 Å². The van der Waals surface area contributed by atoms with Crippen LogP contribution in [0.25, 0.3) is 0 Å². The average molecular weight is 469 g/mol. The van der Waals surface area contributed by atoms with Crippen LogP contribution in [0, 0.1) is 23.1 Å². The zero-order chi connectivity index (χ0) is 22.9. The fraction of sp³-hybridized carbons (Fsp3) is 0.455. The van der Waals surface area contributed by atoms with Crippen LogP contribution >= 0.6 is 10.7 Å². The van der Waals surface area contributed by atoms with E-state index in [-0.39, 0.29) is 23.3 Å². The summed E-state index contributed by atoms with van der Waals surface area (Å²) in [5, 5.41) is 20.1. The number of Topliss-reactive ketones (excluding diaryl/α,β-unsaturated/α-hetero) is 2. The van der Waals surface area contributed by atoms with Crippen LogP contribution in [0.15, 0.2) is 17.3 Å². The second-order valence-electron chi connectivity index (χ2n) is 8.79. The van der Waals surface area contributed by atoms with Crippen molar-refractivity contribution < 1.29 is 18.7 Å². The van der Waals surface area contributed by atoms with Gasteiger partial charge in [-0.3, -0.25) is 14.7 Å². The number of anilines is 1. The Morgan fingerprint density at radius 1 is 1.33 bits per heavy atom. The molecule has 0 amide bonds. The van der Waals surface area contributed by atoms with E-state index >= 15 is 4.39 Å². The van der Waals surface area contributed by atoms with Gasteiger partial charge >= 0.3 is 0 Å². The number of hydrogen-bond donors (Lipinski definition) is 2. The van der Waals surface area contributed by atoms with Gasteiger partial charge in [0.15, 0.2) is 6.04 Å². The second kappa shape index (κ2) is 7.55. The minimum atomic E-state index is -1.27. The first-order valence-electron chi connectivity index (χ1n) is 10.9. The summed E-state index contributed by atoms with van der Waals surface area (Å²) in [6.07, 6.45) is 4.30. The number of halogens is 1. The van der Waals surface area contributed by atoms with Crippen LogP contribution in [-0.4, -0.2) is 62.3 Å². The van der Waals surface area contributed by atoms with E-state index in [1.807, 2.05) is 6.07 Å².